The third-order valence-electron chi connectivity index (χ3n) is 4.05. The fourth-order valence-corrected chi connectivity index (χ4v) is 3.02. The minimum atomic E-state index is -0.886. The number of anilines is 1. The van der Waals surface area contributed by atoms with Crippen molar-refractivity contribution >= 4 is 29.1 Å². The molecule has 1 aromatic rings. The number of nitrogens with one attached hydrogen (secondary N) is 1. The van der Waals surface area contributed by atoms with Crippen LogP contribution >= 0.6 is 11.6 Å². The van der Waals surface area contributed by atoms with E-state index in [4.69, 9.17) is 16.3 Å². The number of amides is 2. The van der Waals surface area contributed by atoms with Crippen LogP contribution in [0.2, 0.25) is 5.02 Å². The third kappa shape index (κ3) is 3.10. The highest BCUT2D eigenvalue weighted by Gasteiger charge is 2.48. The number of aryl methyl sites for hydroxylation is 1. The lowest BCUT2D eigenvalue weighted by Gasteiger charge is -2.35. The van der Waals surface area contributed by atoms with Gasteiger partial charge in [-0.3, -0.25) is 14.5 Å². The van der Waals surface area contributed by atoms with E-state index in [9.17, 15) is 9.59 Å². The van der Waals surface area contributed by atoms with Crippen molar-refractivity contribution in [2.45, 2.75) is 32.2 Å². The number of methoxy groups -OCH3 is 1. The molecule has 1 aliphatic rings. The van der Waals surface area contributed by atoms with E-state index in [0.717, 1.165) is 11.3 Å². The average molecular weight is 325 g/mol. The van der Waals surface area contributed by atoms with Crippen LogP contribution in [0, 0.1) is 6.92 Å². The van der Waals surface area contributed by atoms with Crippen molar-refractivity contribution < 1.29 is 14.3 Å². The lowest BCUT2D eigenvalue weighted by Crippen LogP contribution is -2.55. The lowest BCUT2D eigenvalue weighted by atomic mass is 9.96. The fraction of sp³-hybridized carbons (Fsp3) is 0.500. The van der Waals surface area contributed by atoms with Gasteiger partial charge in [0.15, 0.2) is 0 Å². The molecule has 1 fully saturated rings. The summed E-state index contributed by atoms with van der Waals surface area (Å²) < 4.78 is 4.94. The van der Waals surface area contributed by atoms with Crippen LogP contribution in [0.15, 0.2) is 18.2 Å². The minimum absolute atomic E-state index is 0.0465. The zero-order valence-corrected chi connectivity index (χ0v) is 13.9. The molecule has 0 aliphatic carbocycles. The van der Waals surface area contributed by atoms with Crippen LogP contribution in [0.1, 0.15) is 25.3 Å². The first-order valence-electron chi connectivity index (χ1n) is 7.26. The van der Waals surface area contributed by atoms with E-state index in [-0.39, 0.29) is 11.8 Å². The topological polar surface area (TPSA) is 58.6 Å². The van der Waals surface area contributed by atoms with Crippen LogP contribution in [0.4, 0.5) is 5.69 Å². The smallest absolute Gasteiger partial charge is 0.246 e. The molecule has 2 rings (SSSR count). The van der Waals surface area contributed by atoms with Gasteiger partial charge in [-0.1, -0.05) is 11.6 Å². The van der Waals surface area contributed by atoms with Crippen molar-refractivity contribution in [2.24, 2.45) is 0 Å². The monoisotopic (exact) mass is 324 g/mol. The van der Waals surface area contributed by atoms with Gasteiger partial charge in [0.1, 0.15) is 5.54 Å². The summed E-state index contributed by atoms with van der Waals surface area (Å²) in [5, 5.41) is 3.44. The second kappa shape index (κ2) is 6.67. The maximum absolute atomic E-state index is 12.6. The Morgan fingerprint density at radius 2 is 2.23 bits per heavy atom. The van der Waals surface area contributed by atoms with Gasteiger partial charge in [-0.05, 0) is 44.0 Å². The number of hydrogen-bond donors (Lipinski definition) is 1. The zero-order valence-electron chi connectivity index (χ0n) is 13.1. The molecule has 0 bridgehead atoms. The van der Waals surface area contributed by atoms with Gasteiger partial charge in [-0.25, -0.2) is 0 Å². The number of carbonyl (C=O) groups excluding carboxylic acids is 2. The summed E-state index contributed by atoms with van der Waals surface area (Å²) in [6, 6.07) is 5.33. The number of carbonyl (C=O) groups is 2. The van der Waals surface area contributed by atoms with Crippen molar-refractivity contribution in [2.75, 3.05) is 25.2 Å². The van der Waals surface area contributed by atoms with Gasteiger partial charge >= 0.3 is 0 Å². The Labute approximate surface area is 135 Å². The molecule has 1 aliphatic heterocycles. The molecule has 0 radical (unpaired) electrons. The van der Waals surface area contributed by atoms with E-state index in [2.05, 4.69) is 5.32 Å². The largest absolute Gasteiger partial charge is 0.383 e. The number of rotatable bonds is 5. The molecule has 1 heterocycles. The summed E-state index contributed by atoms with van der Waals surface area (Å²) >= 11 is 5.98. The van der Waals surface area contributed by atoms with E-state index < -0.39 is 5.54 Å². The number of benzene rings is 1. The summed E-state index contributed by atoms with van der Waals surface area (Å²) in [5.41, 5.74) is 0.721. The van der Waals surface area contributed by atoms with Gasteiger partial charge in [0, 0.05) is 30.8 Å². The summed E-state index contributed by atoms with van der Waals surface area (Å²) in [6.45, 7) is 4.55. The van der Waals surface area contributed by atoms with Crippen LogP contribution in [0.5, 0.6) is 0 Å². The van der Waals surface area contributed by atoms with E-state index in [1.165, 1.54) is 0 Å². The van der Waals surface area contributed by atoms with E-state index in [1.54, 1.807) is 37.1 Å². The van der Waals surface area contributed by atoms with E-state index >= 15 is 0 Å². The minimum Gasteiger partial charge on any atom is -0.383 e. The standard InChI is InChI=1S/C16H21ClN2O3/c1-11-10-12(17)4-5-13(11)19-14(20)6-7-16(19,2)15(21)18-8-9-22-3/h4-5,10H,6-9H2,1-3H3,(H,18,21). The molecule has 1 saturated heterocycles. The summed E-state index contributed by atoms with van der Waals surface area (Å²) in [6.07, 6.45) is 0.850. The molecule has 5 nitrogen and oxygen atoms in total. The highest BCUT2D eigenvalue weighted by molar-refractivity contribution is 6.30. The predicted octanol–water partition coefficient (Wildman–Crippen LogP) is 2.30. The Hall–Kier alpha value is -1.59. The summed E-state index contributed by atoms with van der Waals surface area (Å²) in [7, 11) is 1.58. The maximum atomic E-state index is 12.6. The summed E-state index contributed by atoms with van der Waals surface area (Å²) in [4.78, 5) is 26.5. The average Bonchev–Trinajstić information content (AvgIpc) is 2.77. The third-order valence-corrected chi connectivity index (χ3v) is 4.28. The zero-order chi connectivity index (χ0) is 16.3. The molecule has 22 heavy (non-hydrogen) atoms. The van der Waals surface area contributed by atoms with Crippen molar-refractivity contribution in [3.05, 3.63) is 28.8 Å². The van der Waals surface area contributed by atoms with Crippen LogP contribution in [-0.2, 0) is 14.3 Å². The molecule has 1 unspecified atom stereocenters. The molecule has 6 heteroatoms. The molecular weight excluding hydrogens is 304 g/mol. The molecule has 1 aromatic carbocycles. The second-order valence-corrected chi connectivity index (χ2v) is 6.12. The second-order valence-electron chi connectivity index (χ2n) is 5.68. The Morgan fingerprint density at radius 1 is 1.50 bits per heavy atom. The van der Waals surface area contributed by atoms with Gasteiger partial charge in [-0.15, -0.1) is 0 Å². The number of hydrogen-bond acceptors (Lipinski definition) is 3. The van der Waals surface area contributed by atoms with Gasteiger partial charge in [-0.2, -0.15) is 0 Å². The van der Waals surface area contributed by atoms with E-state index in [0.29, 0.717) is 31.0 Å². The number of nitrogens with zero attached hydrogens (tertiary/aromatic N) is 1. The SMILES string of the molecule is COCCNC(=O)C1(C)CCC(=O)N1c1ccc(Cl)cc1C. The normalized spacial score (nSPS) is 21.3. The van der Waals surface area contributed by atoms with Crippen molar-refractivity contribution in [3.8, 4) is 0 Å². The van der Waals surface area contributed by atoms with Crippen molar-refractivity contribution in [3.63, 3.8) is 0 Å². The van der Waals surface area contributed by atoms with Crippen LogP contribution in [0.3, 0.4) is 0 Å². The molecule has 0 spiro atoms. The quantitative estimate of drug-likeness (QED) is 0.845. The van der Waals surface area contributed by atoms with Crippen molar-refractivity contribution in [1.29, 1.82) is 0 Å². The Balaban J connectivity index is 2.30. The molecule has 1 N–H and O–H groups in total. The summed E-state index contributed by atoms with van der Waals surface area (Å²) in [5.74, 6) is -0.209. The van der Waals surface area contributed by atoms with Crippen LogP contribution in [-0.4, -0.2) is 37.6 Å². The number of halogens is 1. The molecule has 120 valence electrons. The molecule has 0 saturated carbocycles. The Bertz CT molecular complexity index is 591. The number of ether oxygens (including phenoxy) is 1. The van der Waals surface area contributed by atoms with Crippen molar-refractivity contribution in [1.82, 2.24) is 5.32 Å². The van der Waals surface area contributed by atoms with Crippen LogP contribution < -0.4 is 10.2 Å². The van der Waals surface area contributed by atoms with Gasteiger partial charge in [0.05, 0.1) is 6.61 Å². The Morgan fingerprint density at radius 3 is 2.86 bits per heavy atom. The first-order chi connectivity index (χ1) is 10.4. The fourth-order valence-electron chi connectivity index (χ4n) is 2.79. The maximum Gasteiger partial charge on any atom is 0.246 e. The highest BCUT2D eigenvalue weighted by Crippen LogP contribution is 2.37. The molecular formula is C16H21ClN2O3. The molecule has 0 aromatic heterocycles. The highest BCUT2D eigenvalue weighted by atomic mass is 35.5. The van der Waals surface area contributed by atoms with Gasteiger partial charge < -0.3 is 10.1 Å². The lowest BCUT2D eigenvalue weighted by molar-refractivity contribution is -0.127. The first-order valence-corrected chi connectivity index (χ1v) is 7.64. The van der Waals surface area contributed by atoms with Crippen LogP contribution in [0.25, 0.3) is 0 Å². The van der Waals surface area contributed by atoms with E-state index in [1.807, 2.05) is 6.92 Å². The predicted molar refractivity (Wildman–Crippen MR) is 86.2 cm³/mol. The van der Waals surface area contributed by atoms with Gasteiger partial charge in [0.25, 0.3) is 0 Å². The molecule has 2 amide bonds. The molecule has 1 atom stereocenters. The Kier molecular flexibility index (Phi) is 5.08. The first kappa shape index (κ1) is 16.8. The van der Waals surface area contributed by atoms with Gasteiger partial charge in [0.2, 0.25) is 11.8 Å².